The summed E-state index contributed by atoms with van der Waals surface area (Å²) < 4.78 is 0. The summed E-state index contributed by atoms with van der Waals surface area (Å²) in [5.41, 5.74) is 9.51. The molecule has 0 aliphatic heterocycles. The number of benzene rings is 4. The minimum atomic E-state index is 0.0128. The quantitative estimate of drug-likeness (QED) is 0.189. The van der Waals surface area contributed by atoms with E-state index in [1.807, 2.05) is 27.7 Å². The number of aryl methyl sites for hydroxylation is 4. The van der Waals surface area contributed by atoms with Crippen LogP contribution in [0.15, 0.2) is 97.1 Å². The molecule has 0 saturated heterocycles. The zero-order valence-corrected chi connectivity index (χ0v) is 27.0. The molecule has 0 bridgehead atoms. The average molecular weight is 603 g/mol. The molecule has 6 aromatic rings. The van der Waals surface area contributed by atoms with Crippen LogP contribution in [0.5, 0.6) is 0 Å². The van der Waals surface area contributed by atoms with Gasteiger partial charge in [0.05, 0.1) is 0 Å². The highest BCUT2D eigenvalue weighted by atomic mass is 15.0. The van der Waals surface area contributed by atoms with Gasteiger partial charge < -0.3 is 0 Å². The van der Waals surface area contributed by atoms with Crippen molar-refractivity contribution in [1.29, 1.82) is 0 Å². The summed E-state index contributed by atoms with van der Waals surface area (Å²) in [5.74, 6) is 4.39. The van der Waals surface area contributed by atoms with Gasteiger partial charge in [-0.15, -0.1) is 0 Å². The predicted octanol–water partition coefficient (Wildman–Crippen LogP) is 9.21. The molecule has 2 heterocycles. The molecule has 2 aromatic heterocycles. The Balaban J connectivity index is 1.18. The van der Waals surface area contributed by atoms with E-state index in [2.05, 4.69) is 127 Å². The van der Waals surface area contributed by atoms with Gasteiger partial charge in [-0.25, -0.2) is 29.9 Å². The van der Waals surface area contributed by atoms with Crippen LogP contribution in [0.4, 0.5) is 0 Å². The molecule has 0 amide bonds. The number of rotatable bonds is 6. The fraction of sp³-hybridized carbons (Fsp3) is 0.250. The topological polar surface area (TPSA) is 77.3 Å². The Morgan fingerprint density at radius 1 is 0.391 bits per heavy atom. The van der Waals surface area contributed by atoms with E-state index in [4.69, 9.17) is 0 Å². The lowest BCUT2D eigenvalue weighted by atomic mass is 9.65. The first-order chi connectivity index (χ1) is 22.4. The van der Waals surface area contributed by atoms with Gasteiger partial charge in [0.15, 0.2) is 11.6 Å². The third-order valence-corrected chi connectivity index (χ3v) is 9.21. The molecule has 0 atom stereocenters. The number of hydrogen-bond acceptors (Lipinski definition) is 6. The molecule has 1 fully saturated rings. The summed E-state index contributed by atoms with van der Waals surface area (Å²) in [7, 11) is 0. The van der Waals surface area contributed by atoms with Crippen LogP contribution < -0.4 is 0 Å². The minimum Gasteiger partial charge on any atom is -0.219 e. The average Bonchev–Trinajstić information content (AvgIpc) is 3.08. The van der Waals surface area contributed by atoms with Gasteiger partial charge in [0, 0.05) is 16.5 Å². The first-order valence-corrected chi connectivity index (χ1v) is 16.2. The highest BCUT2D eigenvalue weighted by Crippen LogP contribution is 2.46. The highest BCUT2D eigenvalue weighted by Gasteiger charge is 2.35. The van der Waals surface area contributed by atoms with Crippen molar-refractivity contribution >= 4 is 0 Å². The summed E-state index contributed by atoms with van der Waals surface area (Å²) in [6.07, 6.45) is 6.09. The molecule has 1 aliphatic carbocycles. The molecule has 1 saturated carbocycles. The van der Waals surface area contributed by atoms with E-state index >= 15 is 0 Å². The van der Waals surface area contributed by atoms with E-state index in [0.717, 1.165) is 70.0 Å². The monoisotopic (exact) mass is 602 g/mol. The van der Waals surface area contributed by atoms with Crippen LogP contribution in [0.25, 0.3) is 45.0 Å². The van der Waals surface area contributed by atoms with Crippen molar-refractivity contribution in [1.82, 2.24) is 29.9 Å². The Morgan fingerprint density at radius 3 is 1.15 bits per heavy atom. The molecule has 46 heavy (non-hydrogen) atoms. The number of hydrogen-bond donors (Lipinski definition) is 0. The van der Waals surface area contributed by atoms with Gasteiger partial charge in [-0.1, -0.05) is 104 Å². The van der Waals surface area contributed by atoms with Crippen LogP contribution in [0.3, 0.4) is 0 Å². The van der Waals surface area contributed by atoms with Gasteiger partial charge in [0.2, 0.25) is 0 Å². The molecule has 0 unspecified atom stereocenters. The minimum absolute atomic E-state index is 0.0128. The summed E-state index contributed by atoms with van der Waals surface area (Å²) in [6.45, 7) is 7.64. The van der Waals surface area contributed by atoms with Crippen molar-refractivity contribution < 1.29 is 0 Å². The fourth-order valence-electron chi connectivity index (χ4n) is 7.03. The molecule has 0 N–H and O–H groups in total. The van der Waals surface area contributed by atoms with Gasteiger partial charge in [-0.3, -0.25) is 0 Å². The number of nitrogens with zero attached hydrogens (tertiary/aromatic N) is 6. The maximum absolute atomic E-state index is 4.58. The Kier molecular flexibility index (Phi) is 7.95. The van der Waals surface area contributed by atoms with Crippen molar-refractivity contribution in [3.8, 4) is 45.0 Å². The highest BCUT2D eigenvalue weighted by molar-refractivity contribution is 5.72. The van der Waals surface area contributed by atoms with Crippen LogP contribution in [0, 0.1) is 27.7 Å². The molecule has 7 rings (SSSR count). The molecule has 4 aromatic carbocycles. The van der Waals surface area contributed by atoms with Crippen molar-refractivity contribution in [2.75, 3.05) is 0 Å². The van der Waals surface area contributed by atoms with Crippen molar-refractivity contribution in [3.63, 3.8) is 0 Å². The second-order valence-corrected chi connectivity index (χ2v) is 12.5. The second kappa shape index (κ2) is 12.4. The molecular formula is C40H38N6. The Labute approximate surface area is 271 Å². The van der Waals surface area contributed by atoms with Crippen LogP contribution >= 0.6 is 0 Å². The fourth-order valence-corrected chi connectivity index (χ4v) is 7.03. The van der Waals surface area contributed by atoms with Crippen molar-refractivity contribution in [2.45, 2.75) is 65.2 Å². The van der Waals surface area contributed by atoms with E-state index < -0.39 is 0 Å². The first-order valence-electron chi connectivity index (χ1n) is 16.2. The van der Waals surface area contributed by atoms with Crippen LogP contribution in [-0.4, -0.2) is 29.9 Å². The Morgan fingerprint density at radius 2 is 0.761 bits per heavy atom. The lowest BCUT2D eigenvalue weighted by Gasteiger charge is -2.39. The van der Waals surface area contributed by atoms with Gasteiger partial charge >= 0.3 is 0 Å². The summed E-state index contributed by atoms with van der Waals surface area (Å²) in [6, 6.07) is 35.5. The van der Waals surface area contributed by atoms with Crippen LogP contribution in [0.1, 0.15) is 66.5 Å². The maximum atomic E-state index is 4.58. The summed E-state index contributed by atoms with van der Waals surface area (Å²) >= 11 is 0. The van der Waals surface area contributed by atoms with Crippen molar-refractivity contribution in [3.05, 3.63) is 131 Å². The van der Waals surface area contributed by atoms with E-state index in [9.17, 15) is 0 Å². The van der Waals surface area contributed by atoms with E-state index in [-0.39, 0.29) is 5.41 Å². The normalized spacial score (nSPS) is 14.3. The molecular weight excluding hydrogens is 564 g/mol. The Bertz CT molecular complexity index is 1830. The molecule has 228 valence electrons. The van der Waals surface area contributed by atoms with E-state index in [1.165, 1.54) is 41.5 Å². The maximum Gasteiger partial charge on any atom is 0.163 e. The van der Waals surface area contributed by atoms with Crippen LogP contribution in [-0.2, 0) is 5.41 Å². The zero-order valence-electron chi connectivity index (χ0n) is 27.0. The molecule has 0 radical (unpaired) electrons. The SMILES string of the molecule is Cc1nc(C)nc(-c2cccc(-c3ccc(C4(c5ccc(-c6cccc(-c7nc(C)nc(C)n7)c6)cc5)CCCCC4)cc3)c2)n1. The molecule has 6 nitrogen and oxygen atoms in total. The zero-order chi connectivity index (χ0) is 31.7. The predicted molar refractivity (Wildman–Crippen MR) is 184 cm³/mol. The lowest BCUT2D eigenvalue weighted by molar-refractivity contribution is 0.346. The smallest absolute Gasteiger partial charge is 0.163 e. The largest absolute Gasteiger partial charge is 0.219 e. The second-order valence-electron chi connectivity index (χ2n) is 12.5. The first kappa shape index (κ1) is 29.6. The lowest BCUT2D eigenvalue weighted by Crippen LogP contribution is -2.30. The van der Waals surface area contributed by atoms with Crippen molar-refractivity contribution in [2.24, 2.45) is 0 Å². The Hall–Kier alpha value is -5.10. The molecule has 6 heteroatoms. The third-order valence-electron chi connectivity index (χ3n) is 9.21. The van der Waals surface area contributed by atoms with E-state index in [1.54, 1.807) is 0 Å². The molecule has 0 spiro atoms. The van der Waals surface area contributed by atoms with Gasteiger partial charge in [0.1, 0.15) is 23.3 Å². The molecule has 1 aliphatic rings. The summed E-state index contributed by atoms with van der Waals surface area (Å²) in [5, 5.41) is 0. The summed E-state index contributed by atoms with van der Waals surface area (Å²) in [4.78, 5) is 27.0. The number of aromatic nitrogens is 6. The van der Waals surface area contributed by atoms with Crippen LogP contribution in [0.2, 0.25) is 0 Å². The van der Waals surface area contributed by atoms with Gasteiger partial charge in [0.25, 0.3) is 0 Å². The van der Waals surface area contributed by atoms with Gasteiger partial charge in [-0.05, 0) is 86.1 Å². The standard InChI is InChI=1S/C40H38N6/c1-26-41-27(2)44-38(43-26)34-12-8-10-32(24-34)30-14-18-36(19-15-30)40(22-6-5-7-23-40)37-20-16-31(17-21-37)33-11-9-13-35(25-33)39-45-28(3)42-29(4)46-39/h8-21,24-25H,5-7,22-23H2,1-4H3. The third kappa shape index (κ3) is 5.95. The van der Waals surface area contributed by atoms with E-state index in [0.29, 0.717) is 0 Å². The van der Waals surface area contributed by atoms with Gasteiger partial charge in [-0.2, -0.15) is 0 Å².